The number of aliphatic hydroxyl groups is 1. The van der Waals surface area contributed by atoms with Crippen LogP contribution in [0.4, 0.5) is 0 Å². The van der Waals surface area contributed by atoms with Gasteiger partial charge in [-0.25, -0.2) is 0 Å². The number of hydrogen-bond donors (Lipinski definition) is 1. The Bertz CT molecular complexity index is 378. The fourth-order valence-corrected chi connectivity index (χ4v) is 2.46. The predicted molar refractivity (Wildman–Crippen MR) is 74.6 cm³/mol. The Balaban J connectivity index is 1.86. The molecule has 0 aromatic heterocycles. The third-order valence-corrected chi connectivity index (χ3v) is 3.48. The Morgan fingerprint density at radius 3 is 2.83 bits per heavy atom. The molecule has 1 fully saturated rings. The molecule has 2 rings (SSSR count). The second-order valence-corrected chi connectivity index (χ2v) is 4.97. The van der Waals surface area contributed by atoms with Gasteiger partial charge in [0, 0.05) is 0 Å². The van der Waals surface area contributed by atoms with Gasteiger partial charge in [0.15, 0.2) is 0 Å². The van der Waals surface area contributed by atoms with E-state index < -0.39 is 0 Å². The first-order valence-corrected chi connectivity index (χ1v) is 6.89. The van der Waals surface area contributed by atoms with Crippen molar-refractivity contribution >= 4 is 6.08 Å². The average Bonchev–Trinajstić information content (AvgIpc) is 2.44. The molecule has 0 aliphatic heterocycles. The van der Waals surface area contributed by atoms with Gasteiger partial charge in [0.05, 0.1) is 13.2 Å². The van der Waals surface area contributed by atoms with E-state index >= 15 is 0 Å². The molecule has 0 heterocycles. The molecule has 0 unspecified atom stereocenters. The summed E-state index contributed by atoms with van der Waals surface area (Å²) in [5, 5.41) is 8.75. The maximum atomic E-state index is 8.75. The van der Waals surface area contributed by atoms with E-state index in [0.717, 1.165) is 23.8 Å². The Kier molecular flexibility index (Phi) is 5.28. The van der Waals surface area contributed by atoms with Gasteiger partial charge in [-0.1, -0.05) is 43.5 Å². The van der Waals surface area contributed by atoms with E-state index in [-0.39, 0.29) is 6.61 Å². The zero-order valence-electron chi connectivity index (χ0n) is 10.8. The van der Waals surface area contributed by atoms with Crippen molar-refractivity contribution in [2.75, 3.05) is 13.2 Å². The second kappa shape index (κ2) is 7.22. The Hall–Kier alpha value is -1.28. The number of rotatable bonds is 5. The highest BCUT2D eigenvalue weighted by atomic mass is 16.5. The van der Waals surface area contributed by atoms with E-state index in [1.807, 2.05) is 30.3 Å². The standard InChI is InChI=1S/C16H22O2/c17-11-5-9-14-8-4-10-16(12-14)18-13-15-6-2-1-3-7-15/h4-5,8-10,12,15,17H,1-3,6-7,11,13H2. The number of aliphatic hydroxyl groups excluding tert-OH is 1. The minimum Gasteiger partial charge on any atom is -0.493 e. The van der Waals surface area contributed by atoms with Gasteiger partial charge in [-0.3, -0.25) is 0 Å². The third kappa shape index (κ3) is 4.19. The highest BCUT2D eigenvalue weighted by molar-refractivity contribution is 5.51. The van der Waals surface area contributed by atoms with Crippen LogP contribution in [0.5, 0.6) is 5.75 Å². The summed E-state index contributed by atoms with van der Waals surface area (Å²) >= 11 is 0. The lowest BCUT2D eigenvalue weighted by Crippen LogP contribution is -2.15. The van der Waals surface area contributed by atoms with Gasteiger partial charge in [0.25, 0.3) is 0 Å². The van der Waals surface area contributed by atoms with Crippen molar-refractivity contribution in [1.82, 2.24) is 0 Å². The minimum absolute atomic E-state index is 0.0765. The molecule has 1 N–H and O–H groups in total. The summed E-state index contributed by atoms with van der Waals surface area (Å²) in [5.74, 6) is 1.66. The van der Waals surface area contributed by atoms with E-state index in [2.05, 4.69) is 0 Å². The lowest BCUT2D eigenvalue weighted by molar-refractivity contribution is 0.209. The van der Waals surface area contributed by atoms with Crippen molar-refractivity contribution in [2.45, 2.75) is 32.1 Å². The topological polar surface area (TPSA) is 29.5 Å². The van der Waals surface area contributed by atoms with E-state index in [0.29, 0.717) is 0 Å². The molecule has 1 aliphatic carbocycles. The van der Waals surface area contributed by atoms with E-state index in [1.165, 1.54) is 32.1 Å². The summed E-state index contributed by atoms with van der Waals surface area (Å²) in [5.41, 5.74) is 1.07. The molecule has 1 aromatic carbocycles. The van der Waals surface area contributed by atoms with Crippen LogP contribution in [-0.2, 0) is 0 Å². The van der Waals surface area contributed by atoms with Crippen molar-refractivity contribution < 1.29 is 9.84 Å². The lowest BCUT2D eigenvalue weighted by Gasteiger charge is -2.21. The van der Waals surface area contributed by atoms with Crippen LogP contribution in [0.25, 0.3) is 6.08 Å². The van der Waals surface area contributed by atoms with E-state index in [4.69, 9.17) is 9.84 Å². The van der Waals surface area contributed by atoms with Crippen molar-refractivity contribution in [3.8, 4) is 5.75 Å². The number of ether oxygens (including phenoxy) is 1. The molecule has 2 heteroatoms. The molecule has 2 nitrogen and oxygen atoms in total. The van der Waals surface area contributed by atoms with Crippen molar-refractivity contribution in [3.63, 3.8) is 0 Å². The normalized spacial score (nSPS) is 17.2. The van der Waals surface area contributed by atoms with Crippen LogP contribution in [-0.4, -0.2) is 18.3 Å². The monoisotopic (exact) mass is 246 g/mol. The predicted octanol–water partition coefficient (Wildman–Crippen LogP) is 3.65. The summed E-state index contributed by atoms with van der Waals surface area (Å²) < 4.78 is 5.87. The summed E-state index contributed by atoms with van der Waals surface area (Å²) in [6.45, 7) is 0.917. The molecule has 0 saturated heterocycles. The maximum absolute atomic E-state index is 8.75. The summed E-state index contributed by atoms with van der Waals surface area (Å²) in [4.78, 5) is 0. The molecule has 0 bridgehead atoms. The zero-order valence-corrected chi connectivity index (χ0v) is 10.8. The Morgan fingerprint density at radius 2 is 2.06 bits per heavy atom. The van der Waals surface area contributed by atoms with Gasteiger partial charge >= 0.3 is 0 Å². The van der Waals surface area contributed by atoms with Crippen LogP contribution >= 0.6 is 0 Å². The molecule has 18 heavy (non-hydrogen) atoms. The third-order valence-electron chi connectivity index (χ3n) is 3.48. The van der Waals surface area contributed by atoms with Gasteiger partial charge < -0.3 is 9.84 Å². The Morgan fingerprint density at radius 1 is 1.22 bits per heavy atom. The van der Waals surface area contributed by atoms with Crippen LogP contribution in [0.3, 0.4) is 0 Å². The van der Waals surface area contributed by atoms with Gasteiger partial charge in [-0.2, -0.15) is 0 Å². The summed E-state index contributed by atoms with van der Waals surface area (Å²) in [6, 6.07) is 8.03. The first kappa shape index (κ1) is 13.2. The molecule has 0 radical (unpaired) electrons. The van der Waals surface area contributed by atoms with Crippen LogP contribution < -0.4 is 4.74 Å². The van der Waals surface area contributed by atoms with Gasteiger partial charge in [-0.15, -0.1) is 0 Å². The van der Waals surface area contributed by atoms with Crippen LogP contribution in [0.2, 0.25) is 0 Å². The van der Waals surface area contributed by atoms with Gasteiger partial charge in [0.1, 0.15) is 5.75 Å². The van der Waals surface area contributed by atoms with Crippen molar-refractivity contribution in [3.05, 3.63) is 35.9 Å². The zero-order chi connectivity index (χ0) is 12.6. The largest absolute Gasteiger partial charge is 0.493 e. The van der Waals surface area contributed by atoms with Gasteiger partial charge in [0.2, 0.25) is 0 Å². The number of benzene rings is 1. The van der Waals surface area contributed by atoms with Crippen LogP contribution in [0.15, 0.2) is 30.3 Å². The highest BCUT2D eigenvalue weighted by Gasteiger charge is 2.13. The first-order valence-electron chi connectivity index (χ1n) is 6.89. The van der Waals surface area contributed by atoms with Crippen molar-refractivity contribution in [1.29, 1.82) is 0 Å². The molecule has 1 aliphatic rings. The van der Waals surface area contributed by atoms with Crippen LogP contribution in [0, 0.1) is 5.92 Å². The molecule has 1 saturated carbocycles. The maximum Gasteiger partial charge on any atom is 0.119 e. The lowest BCUT2D eigenvalue weighted by atomic mass is 9.90. The molecular weight excluding hydrogens is 224 g/mol. The van der Waals surface area contributed by atoms with Crippen molar-refractivity contribution in [2.24, 2.45) is 5.92 Å². The first-order chi connectivity index (χ1) is 8.88. The fraction of sp³-hybridized carbons (Fsp3) is 0.500. The molecular formula is C16H22O2. The quantitative estimate of drug-likeness (QED) is 0.859. The second-order valence-electron chi connectivity index (χ2n) is 4.97. The summed E-state index contributed by atoms with van der Waals surface area (Å²) in [7, 11) is 0. The SMILES string of the molecule is OCC=Cc1cccc(OCC2CCCCC2)c1. The molecule has 0 amide bonds. The van der Waals surface area contributed by atoms with Gasteiger partial charge in [-0.05, 0) is 36.5 Å². The fourth-order valence-electron chi connectivity index (χ4n) is 2.46. The molecule has 1 aromatic rings. The smallest absolute Gasteiger partial charge is 0.119 e. The number of hydrogen-bond acceptors (Lipinski definition) is 2. The van der Waals surface area contributed by atoms with E-state index in [9.17, 15) is 0 Å². The Labute approximate surface area is 109 Å². The van der Waals surface area contributed by atoms with Crippen LogP contribution in [0.1, 0.15) is 37.7 Å². The molecule has 0 spiro atoms. The molecule has 0 atom stereocenters. The minimum atomic E-state index is 0.0765. The molecule has 98 valence electrons. The highest BCUT2D eigenvalue weighted by Crippen LogP contribution is 2.25. The van der Waals surface area contributed by atoms with E-state index in [1.54, 1.807) is 6.08 Å². The summed E-state index contributed by atoms with van der Waals surface area (Å²) in [6.07, 6.45) is 10.4. The average molecular weight is 246 g/mol.